The Bertz CT molecular complexity index is 290. The molecular formula is C20H36N2. The van der Waals surface area contributed by atoms with Gasteiger partial charge in [-0.25, -0.2) is 5.01 Å². The van der Waals surface area contributed by atoms with E-state index in [4.69, 9.17) is 0 Å². The third-order valence-electron chi connectivity index (χ3n) is 4.99. The van der Waals surface area contributed by atoms with Gasteiger partial charge in [0.2, 0.25) is 0 Å². The van der Waals surface area contributed by atoms with Crippen LogP contribution >= 0.6 is 0 Å². The lowest BCUT2D eigenvalue weighted by molar-refractivity contribution is 0.105. The summed E-state index contributed by atoms with van der Waals surface area (Å²) in [6.45, 7) is 2.34. The minimum absolute atomic E-state index is 0.747. The van der Waals surface area contributed by atoms with Crippen LogP contribution in [0.5, 0.6) is 0 Å². The fraction of sp³-hybridized carbons (Fsp3) is 0.800. The summed E-state index contributed by atoms with van der Waals surface area (Å²) in [7, 11) is 0. The first kappa shape index (κ1) is 17.7. The van der Waals surface area contributed by atoms with Gasteiger partial charge in [-0.1, -0.05) is 43.6 Å². The number of hydrogen-bond donors (Lipinski definition) is 1. The second-order valence-electron chi connectivity index (χ2n) is 6.91. The smallest absolute Gasteiger partial charge is 0.0243 e. The molecule has 2 rings (SSSR count). The van der Waals surface area contributed by atoms with E-state index in [1.54, 1.807) is 0 Å². The molecule has 0 aromatic heterocycles. The van der Waals surface area contributed by atoms with E-state index >= 15 is 0 Å². The summed E-state index contributed by atoms with van der Waals surface area (Å²) in [5, 5.41) is 2.61. The Kier molecular flexibility index (Phi) is 9.60. The maximum absolute atomic E-state index is 3.75. The molecule has 2 heteroatoms. The normalized spacial score (nSPS) is 30.6. The van der Waals surface area contributed by atoms with E-state index in [9.17, 15) is 0 Å². The van der Waals surface area contributed by atoms with Crippen molar-refractivity contribution in [1.29, 1.82) is 0 Å². The third kappa shape index (κ3) is 7.60. The van der Waals surface area contributed by atoms with Crippen LogP contribution < -0.4 is 5.43 Å². The highest BCUT2D eigenvalue weighted by atomic mass is 15.5. The Balaban J connectivity index is 1.87. The summed E-state index contributed by atoms with van der Waals surface area (Å²) in [5.74, 6) is 0. The second-order valence-corrected chi connectivity index (χ2v) is 6.91. The van der Waals surface area contributed by atoms with E-state index in [2.05, 4.69) is 34.7 Å². The first-order valence-electron chi connectivity index (χ1n) is 9.77. The van der Waals surface area contributed by atoms with Crippen LogP contribution in [0.2, 0.25) is 0 Å². The standard InChI is InChI=1S/C20H36N2/c1-2-5-9-13-17-20(16-12-8-4-1)22-19-15-11-7-3-6-10-14-18-21-22/h1,4,6,10,20-21H,2-3,5,7-9,11-19H2/b4-1-,10-6-. The lowest BCUT2D eigenvalue weighted by Gasteiger charge is -2.32. The van der Waals surface area contributed by atoms with Crippen molar-refractivity contribution < 1.29 is 0 Å². The van der Waals surface area contributed by atoms with Gasteiger partial charge in [-0.3, -0.25) is 5.43 Å². The first-order chi connectivity index (χ1) is 11.0. The largest absolute Gasteiger partial charge is 0.255 e. The highest BCUT2D eigenvalue weighted by Gasteiger charge is 2.17. The van der Waals surface area contributed by atoms with Crippen LogP contribution in [0.3, 0.4) is 0 Å². The first-order valence-corrected chi connectivity index (χ1v) is 9.77. The van der Waals surface area contributed by atoms with Crippen molar-refractivity contribution in [2.75, 3.05) is 13.1 Å². The van der Waals surface area contributed by atoms with E-state index in [1.165, 1.54) is 90.0 Å². The molecule has 0 saturated carbocycles. The summed E-state index contributed by atoms with van der Waals surface area (Å²) in [6, 6.07) is 0.747. The van der Waals surface area contributed by atoms with Crippen molar-refractivity contribution in [1.82, 2.24) is 10.4 Å². The number of nitrogens with zero attached hydrogens (tertiary/aromatic N) is 1. The van der Waals surface area contributed by atoms with Crippen LogP contribution in [0.1, 0.15) is 83.5 Å². The molecule has 0 aromatic rings. The second kappa shape index (κ2) is 11.9. The number of nitrogens with one attached hydrogen (secondary N) is 1. The molecule has 0 saturated heterocycles. The van der Waals surface area contributed by atoms with Gasteiger partial charge in [0, 0.05) is 19.1 Å². The van der Waals surface area contributed by atoms with Gasteiger partial charge in [0.15, 0.2) is 0 Å². The van der Waals surface area contributed by atoms with Crippen molar-refractivity contribution in [2.45, 2.75) is 89.5 Å². The fourth-order valence-electron chi connectivity index (χ4n) is 3.62. The third-order valence-corrected chi connectivity index (χ3v) is 4.99. The van der Waals surface area contributed by atoms with Gasteiger partial charge in [0.25, 0.3) is 0 Å². The predicted octanol–water partition coefficient (Wildman–Crippen LogP) is 5.37. The molecule has 0 amide bonds. The summed E-state index contributed by atoms with van der Waals surface area (Å²) in [6.07, 6.45) is 26.9. The van der Waals surface area contributed by atoms with Gasteiger partial charge in [0.1, 0.15) is 0 Å². The van der Waals surface area contributed by atoms with E-state index in [-0.39, 0.29) is 0 Å². The van der Waals surface area contributed by atoms with Crippen molar-refractivity contribution in [3.8, 4) is 0 Å². The quantitative estimate of drug-likeness (QED) is 0.655. The topological polar surface area (TPSA) is 15.3 Å². The zero-order valence-electron chi connectivity index (χ0n) is 14.4. The van der Waals surface area contributed by atoms with Crippen LogP contribution in [0.15, 0.2) is 24.3 Å². The zero-order valence-corrected chi connectivity index (χ0v) is 14.4. The van der Waals surface area contributed by atoms with Crippen LogP contribution in [0.25, 0.3) is 0 Å². The van der Waals surface area contributed by atoms with Crippen LogP contribution in [-0.4, -0.2) is 24.1 Å². The van der Waals surface area contributed by atoms with Crippen molar-refractivity contribution in [2.24, 2.45) is 0 Å². The van der Waals surface area contributed by atoms with Gasteiger partial charge in [-0.2, -0.15) is 0 Å². The molecule has 1 aliphatic carbocycles. The maximum Gasteiger partial charge on any atom is 0.0243 e. The Hall–Kier alpha value is -0.600. The molecule has 1 unspecified atom stereocenters. The summed E-state index contributed by atoms with van der Waals surface area (Å²) in [5.41, 5.74) is 3.75. The van der Waals surface area contributed by atoms with Crippen molar-refractivity contribution in [3.63, 3.8) is 0 Å². The minimum atomic E-state index is 0.747. The molecule has 0 fully saturated rings. The minimum Gasteiger partial charge on any atom is -0.255 e. The summed E-state index contributed by atoms with van der Waals surface area (Å²) in [4.78, 5) is 0. The van der Waals surface area contributed by atoms with E-state index in [0.29, 0.717) is 0 Å². The molecular weight excluding hydrogens is 268 g/mol. The summed E-state index contributed by atoms with van der Waals surface area (Å²) < 4.78 is 0. The Morgan fingerprint density at radius 2 is 1.27 bits per heavy atom. The Labute approximate surface area is 138 Å². The molecule has 1 aliphatic heterocycles. The molecule has 1 atom stereocenters. The Morgan fingerprint density at radius 1 is 0.636 bits per heavy atom. The highest BCUT2D eigenvalue weighted by molar-refractivity contribution is 4.85. The average molecular weight is 305 g/mol. The van der Waals surface area contributed by atoms with Gasteiger partial charge in [-0.15, -0.1) is 0 Å². The maximum atomic E-state index is 3.75. The molecule has 0 radical (unpaired) electrons. The average Bonchev–Trinajstić information content (AvgIpc) is 2.64. The molecule has 1 heterocycles. The molecule has 2 aliphatic rings. The monoisotopic (exact) mass is 304 g/mol. The van der Waals surface area contributed by atoms with Gasteiger partial charge < -0.3 is 0 Å². The molecule has 0 aromatic carbocycles. The number of hydrazine groups is 1. The molecule has 22 heavy (non-hydrogen) atoms. The van der Waals surface area contributed by atoms with Crippen LogP contribution in [0.4, 0.5) is 0 Å². The van der Waals surface area contributed by atoms with Crippen LogP contribution in [-0.2, 0) is 0 Å². The van der Waals surface area contributed by atoms with Crippen molar-refractivity contribution >= 4 is 0 Å². The molecule has 0 bridgehead atoms. The lowest BCUT2D eigenvalue weighted by Crippen LogP contribution is -2.46. The van der Waals surface area contributed by atoms with E-state index in [0.717, 1.165) is 12.6 Å². The number of rotatable bonds is 1. The predicted molar refractivity (Wildman–Crippen MR) is 96.8 cm³/mol. The number of hydrogen-bond acceptors (Lipinski definition) is 2. The summed E-state index contributed by atoms with van der Waals surface area (Å²) >= 11 is 0. The molecule has 1 N–H and O–H groups in total. The van der Waals surface area contributed by atoms with E-state index < -0.39 is 0 Å². The van der Waals surface area contributed by atoms with Gasteiger partial charge in [0.05, 0.1) is 0 Å². The SMILES string of the molecule is C1=C\CCCC(N2CCCCC/C=C\CCN2)CCCCC/1. The highest BCUT2D eigenvalue weighted by Crippen LogP contribution is 2.18. The Morgan fingerprint density at radius 3 is 2.09 bits per heavy atom. The fourth-order valence-corrected chi connectivity index (χ4v) is 3.62. The van der Waals surface area contributed by atoms with Gasteiger partial charge in [-0.05, 0) is 64.2 Å². The number of allylic oxidation sites excluding steroid dienone is 3. The molecule has 0 spiro atoms. The van der Waals surface area contributed by atoms with Crippen LogP contribution in [0, 0.1) is 0 Å². The van der Waals surface area contributed by atoms with E-state index in [1.807, 2.05) is 0 Å². The zero-order chi connectivity index (χ0) is 15.3. The van der Waals surface area contributed by atoms with Crippen molar-refractivity contribution in [3.05, 3.63) is 24.3 Å². The van der Waals surface area contributed by atoms with Gasteiger partial charge >= 0.3 is 0 Å². The molecule has 126 valence electrons. The molecule has 2 nitrogen and oxygen atoms in total. The lowest BCUT2D eigenvalue weighted by atomic mass is 10.0.